The van der Waals surface area contributed by atoms with Crippen molar-refractivity contribution in [2.75, 3.05) is 26.2 Å². The van der Waals surface area contributed by atoms with Crippen LogP contribution in [-0.2, 0) is 0 Å². The van der Waals surface area contributed by atoms with Crippen LogP contribution in [0.5, 0.6) is 0 Å². The Kier molecular flexibility index (Phi) is 2.81. The maximum atomic E-state index is 12.1. The molecule has 0 radical (unpaired) electrons. The number of rotatable bonds is 2. The first-order chi connectivity index (χ1) is 8.34. The van der Waals surface area contributed by atoms with E-state index in [1.54, 1.807) is 12.3 Å². The Hall–Kier alpha value is -1.42. The van der Waals surface area contributed by atoms with Crippen molar-refractivity contribution in [3.8, 4) is 0 Å². The van der Waals surface area contributed by atoms with E-state index in [9.17, 15) is 4.79 Å². The molecule has 0 unspecified atom stereocenters. The van der Waals surface area contributed by atoms with Crippen molar-refractivity contribution in [2.45, 2.75) is 18.9 Å². The van der Waals surface area contributed by atoms with Gasteiger partial charge in [0.2, 0.25) is 0 Å². The number of nitrogens with zero attached hydrogens (tertiary/aromatic N) is 3. The van der Waals surface area contributed by atoms with Crippen molar-refractivity contribution in [1.82, 2.24) is 14.8 Å². The van der Waals surface area contributed by atoms with Gasteiger partial charge in [0.15, 0.2) is 0 Å². The average molecular weight is 231 g/mol. The van der Waals surface area contributed by atoms with Crippen LogP contribution >= 0.6 is 0 Å². The number of pyridine rings is 1. The van der Waals surface area contributed by atoms with E-state index in [-0.39, 0.29) is 5.91 Å². The zero-order chi connectivity index (χ0) is 11.7. The lowest BCUT2D eigenvalue weighted by molar-refractivity contribution is 0.0621. The number of piperazine rings is 1. The molecular formula is C13H17N3O. The number of aromatic nitrogens is 1. The van der Waals surface area contributed by atoms with Crippen LogP contribution in [0.3, 0.4) is 0 Å². The molecule has 0 bridgehead atoms. The minimum atomic E-state index is 0.0704. The fourth-order valence-corrected chi connectivity index (χ4v) is 2.38. The molecule has 2 heterocycles. The molecule has 1 aliphatic heterocycles. The van der Waals surface area contributed by atoms with Gasteiger partial charge in [0.05, 0.1) is 0 Å². The van der Waals surface area contributed by atoms with Crippen molar-refractivity contribution < 1.29 is 4.79 Å². The second-order valence-corrected chi connectivity index (χ2v) is 4.77. The fourth-order valence-electron chi connectivity index (χ4n) is 2.38. The summed E-state index contributed by atoms with van der Waals surface area (Å²) in [6.07, 6.45) is 4.36. The van der Waals surface area contributed by atoms with Gasteiger partial charge in [-0.25, -0.2) is 0 Å². The molecule has 1 aliphatic carbocycles. The summed E-state index contributed by atoms with van der Waals surface area (Å²) in [5, 5.41) is 0. The van der Waals surface area contributed by atoms with Gasteiger partial charge in [-0.2, -0.15) is 0 Å². The van der Waals surface area contributed by atoms with Crippen LogP contribution in [0.15, 0.2) is 24.4 Å². The topological polar surface area (TPSA) is 36.4 Å². The molecule has 1 saturated carbocycles. The number of carbonyl (C=O) groups is 1. The van der Waals surface area contributed by atoms with Crippen LogP contribution in [0.25, 0.3) is 0 Å². The molecule has 0 atom stereocenters. The van der Waals surface area contributed by atoms with Crippen LogP contribution in [0.2, 0.25) is 0 Å². The Labute approximate surface area is 101 Å². The van der Waals surface area contributed by atoms with Crippen LogP contribution < -0.4 is 0 Å². The van der Waals surface area contributed by atoms with E-state index in [0.717, 1.165) is 32.2 Å². The van der Waals surface area contributed by atoms with E-state index < -0.39 is 0 Å². The van der Waals surface area contributed by atoms with Gasteiger partial charge in [0, 0.05) is 38.4 Å². The Morgan fingerprint density at radius 1 is 1.18 bits per heavy atom. The Morgan fingerprint density at radius 3 is 2.53 bits per heavy atom. The molecule has 4 heteroatoms. The van der Waals surface area contributed by atoms with Gasteiger partial charge in [0.25, 0.3) is 5.91 Å². The van der Waals surface area contributed by atoms with E-state index >= 15 is 0 Å². The molecule has 1 amide bonds. The van der Waals surface area contributed by atoms with Crippen molar-refractivity contribution in [1.29, 1.82) is 0 Å². The molecule has 2 fully saturated rings. The van der Waals surface area contributed by atoms with Gasteiger partial charge >= 0.3 is 0 Å². The van der Waals surface area contributed by atoms with Crippen LogP contribution in [0.1, 0.15) is 23.3 Å². The second-order valence-electron chi connectivity index (χ2n) is 4.77. The molecule has 0 N–H and O–H groups in total. The largest absolute Gasteiger partial charge is 0.335 e. The Balaban J connectivity index is 1.60. The monoisotopic (exact) mass is 231 g/mol. The number of hydrogen-bond donors (Lipinski definition) is 0. The minimum absolute atomic E-state index is 0.0704. The lowest BCUT2D eigenvalue weighted by atomic mass is 10.2. The number of carbonyl (C=O) groups excluding carboxylic acids is 1. The van der Waals surface area contributed by atoms with E-state index in [2.05, 4.69) is 9.88 Å². The van der Waals surface area contributed by atoms with Gasteiger partial charge in [-0.3, -0.25) is 14.7 Å². The second kappa shape index (κ2) is 4.45. The third-order valence-electron chi connectivity index (χ3n) is 3.55. The van der Waals surface area contributed by atoms with Crippen LogP contribution in [0, 0.1) is 0 Å². The quantitative estimate of drug-likeness (QED) is 0.762. The molecule has 1 saturated heterocycles. The van der Waals surface area contributed by atoms with E-state index in [0.29, 0.717) is 5.69 Å². The molecular weight excluding hydrogens is 214 g/mol. The number of hydrogen-bond acceptors (Lipinski definition) is 3. The number of amides is 1. The predicted molar refractivity (Wildman–Crippen MR) is 64.7 cm³/mol. The maximum absolute atomic E-state index is 12.1. The highest BCUT2D eigenvalue weighted by Crippen LogP contribution is 2.27. The molecule has 1 aromatic rings. The standard InChI is InChI=1S/C13H17N3O/c17-13(12-3-1-2-6-14-12)16-9-7-15(8-10-16)11-4-5-11/h1-3,6,11H,4-5,7-10H2. The van der Waals surface area contributed by atoms with E-state index in [1.165, 1.54) is 12.8 Å². The summed E-state index contributed by atoms with van der Waals surface area (Å²) in [5.41, 5.74) is 0.562. The van der Waals surface area contributed by atoms with Gasteiger partial charge in [-0.1, -0.05) is 6.07 Å². The zero-order valence-electron chi connectivity index (χ0n) is 9.88. The average Bonchev–Trinajstić information content (AvgIpc) is 3.24. The fraction of sp³-hybridized carbons (Fsp3) is 0.538. The first-order valence-corrected chi connectivity index (χ1v) is 6.29. The van der Waals surface area contributed by atoms with Crippen molar-refractivity contribution in [3.05, 3.63) is 30.1 Å². The zero-order valence-corrected chi connectivity index (χ0v) is 9.88. The lowest BCUT2D eigenvalue weighted by Gasteiger charge is -2.34. The Morgan fingerprint density at radius 2 is 1.94 bits per heavy atom. The normalized spacial score (nSPS) is 21.5. The molecule has 17 heavy (non-hydrogen) atoms. The van der Waals surface area contributed by atoms with Gasteiger partial charge in [-0.15, -0.1) is 0 Å². The highest BCUT2D eigenvalue weighted by Gasteiger charge is 2.32. The summed E-state index contributed by atoms with van der Waals surface area (Å²) in [5.74, 6) is 0.0704. The smallest absolute Gasteiger partial charge is 0.272 e. The maximum Gasteiger partial charge on any atom is 0.272 e. The summed E-state index contributed by atoms with van der Waals surface area (Å²) in [7, 11) is 0. The molecule has 2 aliphatic rings. The third-order valence-corrected chi connectivity index (χ3v) is 3.55. The van der Waals surface area contributed by atoms with E-state index in [1.807, 2.05) is 17.0 Å². The van der Waals surface area contributed by atoms with Crippen LogP contribution in [-0.4, -0.2) is 52.9 Å². The van der Waals surface area contributed by atoms with Crippen molar-refractivity contribution in [2.24, 2.45) is 0 Å². The third kappa shape index (κ3) is 2.31. The summed E-state index contributed by atoms with van der Waals surface area (Å²) >= 11 is 0. The minimum Gasteiger partial charge on any atom is -0.335 e. The first-order valence-electron chi connectivity index (χ1n) is 6.29. The van der Waals surface area contributed by atoms with Crippen LogP contribution in [0.4, 0.5) is 0 Å². The predicted octanol–water partition coefficient (Wildman–Crippen LogP) is 1.00. The van der Waals surface area contributed by atoms with Gasteiger partial charge in [-0.05, 0) is 25.0 Å². The molecule has 3 rings (SSSR count). The highest BCUT2D eigenvalue weighted by molar-refractivity contribution is 5.92. The van der Waals surface area contributed by atoms with Gasteiger partial charge in [0.1, 0.15) is 5.69 Å². The SMILES string of the molecule is O=C(c1ccccn1)N1CCN(C2CC2)CC1. The van der Waals surface area contributed by atoms with Gasteiger partial charge < -0.3 is 4.90 Å². The molecule has 1 aromatic heterocycles. The molecule has 4 nitrogen and oxygen atoms in total. The van der Waals surface area contributed by atoms with Crippen molar-refractivity contribution in [3.63, 3.8) is 0 Å². The molecule has 0 aromatic carbocycles. The molecule has 0 spiro atoms. The summed E-state index contributed by atoms with van der Waals surface area (Å²) in [6, 6.07) is 6.29. The lowest BCUT2D eigenvalue weighted by Crippen LogP contribution is -2.49. The summed E-state index contributed by atoms with van der Waals surface area (Å²) in [6.45, 7) is 3.71. The summed E-state index contributed by atoms with van der Waals surface area (Å²) < 4.78 is 0. The summed E-state index contributed by atoms with van der Waals surface area (Å²) in [4.78, 5) is 20.7. The van der Waals surface area contributed by atoms with E-state index in [4.69, 9.17) is 0 Å². The first kappa shape index (κ1) is 10.7. The highest BCUT2D eigenvalue weighted by atomic mass is 16.2. The molecule has 90 valence electrons. The Bertz CT molecular complexity index is 394. The van der Waals surface area contributed by atoms with Crippen molar-refractivity contribution >= 4 is 5.91 Å².